The predicted octanol–water partition coefficient (Wildman–Crippen LogP) is 2.01. The highest BCUT2D eigenvalue weighted by atomic mass is 79.9. The van der Waals surface area contributed by atoms with Crippen LogP contribution in [0.15, 0.2) is 22.9 Å². The number of pyridine rings is 1. The molecule has 1 unspecified atom stereocenters. The molecule has 0 spiro atoms. The fourth-order valence-corrected chi connectivity index (χ4v) is 2.61. The van der Waals surface area contributed by atoms with E-state index in [0.29, 0.717) is 29.7 Å². The third-order valence-electron chi connectivity index (χ3n) is 3.06. The zero-order valence-electron chi connectivity index (χ0n) is 10.6. The van der Waals surface area contributed by atoms with Gasteiger partial charge in [-0.15, -0.1) is 0 Å². The third-order valence-corrected chi connectivity index (χ3v) is 3.69. The van der Waals surface area contributed by atoms with Crippen molar-refractivity contribution in [3.8, 4) is 0 Å². The Labute approximate surface area is 120 Å². The van der Waals surface area contributed by atoms with E-state index in [4.69, 9.17) is 4.74 Å². The van der Waals surface area contributed by atoms with Gasteiger partial charge >= 0.3 is 5.97 Å². The molecule has 1 aliphatic heterocycles. The van der Waals surface area contributed by atoms with E-state index < -0.39 is 6.04 Å². The minimum absolute atomic E-state index is 0.185. The molecule has 1 aromatic heterocycles. The standard InChI is InChI=1S/C13H15BrN2O3/c1-2-19-13(18)10-6-4-8-16(10)12(17)9-5-3-7-15-11(9)14/h3,5,7,10H,2,4,6,8H2,1H3. The average molecular weight is 327 g/mol. The van der Waals surface area contributed by atoms with Crippen molar-refractivity contribution in [3.05, 3.63) is 28.5 Å². The summed E-state index contributed by atoms with van der Waals surface area (Å²) in [6.45, 7) is 2.66. The first-order valence-electron chi connectivity index (χ1n) is 6.23. The smallest absolute Gasteiger partial charge is 0.328 e. The van der Waals surface area contributed by atoms with E-state index in [-0.39, 0.29) is 11.9 Å². The van der Waals surface area contributed by atoms with Gasteiger partial charge in [0.2, 0.25) is 0 Å². The van der Waals surface area contributed by atoms with Crippen LogP contribution in [-0.4, -0.2) is 41.0 Å². The van der Waals surface area contributed by atoms with Crippen LogP contribution in [0.25, 0.3) is 0 Å². The maximum atomic E-state index is 12.4. The number of carbonyl (C=O) groups is 2. The van der Waals surface area contributed by atoms with E-state index >= 15 is 0 Å². The lowest BCUT2D eigenvalue weighted by atomic mass is 10.2. The second-order valence-electron chi connectivity index (χ2n) is 4.25. The Kier molecular flexibility index (Phi) is 4.52. The molecule has 0 aromatic carbocycles. The summed E-state index contributed by atoms with van der Waals surface area (Å²) in [4.78, 5) is 29.9. The molecule has 2 heterocycles. The Morgan fingerprint density at radius 3 is 3.05 bits per heavy atom. The van der Waals surface area contributed by atoms with Crippen molar-refractivity contribution in [3.63, 3.8) is 0 Å². The van der Waals surface area contributed by atoms with Crippen LogP contribution in [0.1, 0.15) is 30.1 Å². The highest BCUT2D eigenvalue weighted by Crippen LogP contribution is 2.23. The van der Waals surface area contributed by atoms with E-state index in [2.05, 4.69) is 20.9 Å². The van der Waals surface area contributed by atoms with Gasteiger partial charge in [-0.05, 0) is 47.8 Å². The van der Waals surface area contributed by atoms with E-state index in [0.717, 1.165) is 6.42 Å². The number of nitrogens with zero attached hydrogens (tertiary/aromatic N) is 2. The average Bonchev–Trinajstić information content (AvgIpc) is 2.88. The summed E-state index contributed by atoms with van der Waals surface area (Å²) in [5.74, 6) is -0.510. The van der Waals surface area contributed by atoms with E-state index in [1.54, 1.807) is 30.2 Å². The van der Waals surface area contributed by atoms with Crippen molar-refractivity contribution in [1.29, 1.82) is 0 Å². The highest BCUT2D eigenvalue weighted by molar-refractivity contribution is 9.10. The fraction of sp³-hybridized carbons (Fsp3) is 0.462. The quantitative estimate of drug-likeness (QED) is 0.629. The molecule has 19 heavy (non-hydrogen) atoms. The van der Waals surface area contributed by atoms with Crippen molar-refractivity contribution in [1.82, 2.24) is 9.88 Å². The second kappa shape index (κ2) is 6.14. The SMILES string of the molecule is CCOC(=O)C1CCCN1C(=O)c1cccnc1Br. The van der Waals surface area contributed by atoms with E-state index in [1.165, 1.54) is 0 Å². The van der Waals surface area contributed by atoms with Gasteiger partial charge in [-0.25, -0.2) is 9.78 Å². The Morgan fingerprint density at radius 2 is 2.37 bits per heavy atom. The van der Waals surface area contributed by atoms with Crippen LogP contribution in [0.4, 0.5) is 0 Å². The Bertz CT molecular complexity index is 493. The molecule has 0 bridgehead atoms. The summed E-state index contributed by atoms with van der Waals surface area (Å²) in [7, 11) is 0. The van der Waals surface area contributed by atoms with Crippen molar-refractivity contribution >= 4 is 27.8 Å². The third kappa shape index (κ3) is 2.94. The Hall–Kier alpha value is -1.43. The summed E-state index contributed by atoms with van der Waals surface area (Å²) in [6.07, 6.45) is 3.07. The molecule has 0 N–H and O–H groups in total. The van der Waals surface area contributed by atoms with Crippen LogP contribution in [0.2, 0.25) is 0 Å². The summed E-state index contributed by atoms with van der Waals surface area (Å²) in [5.41, 5.74) is 0.471. The minimum Gasteiger partial charge on any atom is -0.464 e. The topological polar surface area (TPSA) is 59.5 Å². The molecule has 1 aliphatic rings. The Balaban J connectivity index is 2.19. The number of hydrogen-bond acceptors (Lipinski definition) is 4. The molecule has 0 saturated carbocycles. The first-order valence-corrected chi connectivity index (χ1v) is 7.02. The van der Waals surface area contributed by atoms with Crippen molar-refractivity contribution in [2.45, 2.75) is 25.8 Å². The number of halogens is 1. The summed E-state index contributed by atoms with van der Waals surface area (Å²) >= 11 is 3.26. The van der Waals surface area contributed by atoms with Crippen LogP contribution < -0.4 is 0 Å². The molecular formula is C13H15BrN2O3. The zero-order chi connectivity index (χ0) is 13.8. The van der Waals surface area contributed by atoms with E-state index in [9.17, 15) is 9.59 Å². The molecule has 1 aromatic rings. The molecule has 1 atom stereocenters. The number of esters is 1. The monoisotopic (exact) mass is 326 g/mol. The number of rotatable bonds is 3. The molecule has 0 aliphatic carbocycles. The predicted molar refractivity (Wildman–Crippen MR) is 72.6 cm³/mol. The van der Waals surface area contributed by atoms with Gasteiger partial charge in [0.05, 0.1) is 12.2 Å². The van der Waals surface area contributed by atoms with Crippen molar-refractivity contribution in [2.75, 3.05) is 13.2 Å². The minimum atomic E-state index is -0.473. The highest BCUT2D eigenvalue weighted by Gasteiger charge is 2.36. The largest absolute Gasteiger partial charge is 0.464 e. The van der Waals surface area contributed by atoms with Crippen molar-refractivity contribution in [2.24, 2.45) is 0 Å². The number of hydrogen-bond donors (Lipinski definition) is 0. The number of ether oxygens (including phenoxy) is 1. The van der Waals surface area contributed by atoms with Gasteiger partial charge in [0.1, 0.15) is 10.6 Å². The number of aromatic nitrogens is 1. The van der Waals surface area contributed by atoms with Gasteiger partial charge in [0.25, 0.3) is 5.91 Å². The summed E-state index contributed by atoms with van der Waals surface area (Å²) in [5, 5.41) is 0. The maximum absolute atomic E-state index is 12.4. The number of amides is 1. The number of carbonyl (C=O) groups excluding carboxylic acids is 2. The van der Waals surface area contributed by atoms with E-state index in [1.807, 2.05) is 0 Å². The molecule has 1 fully saturated rings. The van der Waals surface area contributed by atoms with Gasteiger partial charge < -0.3 is 9.64 Å². The molecule has 0 radical (unpaired) electrons. The first kappa shape index (κ1) is 14.0. The lowest BCUT2D eigenvalue weighted by molar-refractivity contribution is -0.147. The maximum Gasteiger partial charge on any atom is 0.328 e. The molecule has 2 rings (SSSR count). The van der Waals surface area contributed by atoms with Crippen LogP contribution in [-0.2, 0) is 9.53 Å². The second-order valence-corrected chi connectivity index (χ2v) is 5.00. The molecule has 1 saturated heterocycles. The van der Waals surface area contributed by atoms with Crippen LogP contribution >= 0.6 is 15.9 Å². The fourth-order valence-electron chi connectivity index (χ4n) is 2.19. The van der Waals surface area contributed by atoms with Gasteiger partial charge in [-0.2, -0.15) is 0 Å². The number of likely N-dealkylation sites (tertiary alicyclic amines) is 1. The lowest BCUT2D eigenvalue weighted by Gasteiger charge is -2.23. The van der Waals surface area contributed by atoms with Crippen molar-refractivity contribution < 1.29 is 14.3 Å². The van der Waals surface area contributed by atoms with Crippen LogP contribution in [0.3, 0.4) is 0 Å². The van der Waals surface area contributed by atoms with Crippen LogP contribution in [0.5, 0.6) is 0 Å². The van der Waals surface area contributed by atoms with Gasteiger partial charge in [0.15, 0.2) is 0 Å². The molecule has 1 amide bonds. The molecule has 6 heteroatoms. The molecule has 102 valence electrons. The molecular weight excluding hydrogens is 312 g/mol. The summed E-state index contributed by atoms with van der Waals surface area (Å²) in [6, 6.07) is 2.92. The molecule has 5 nitrogen and oxygen atoms in total. The van der Waals surface area contributed by atoms with Gasteiger partial charge in [-0.1, -0.05) is 0 Å². The first-order chi connectivity index (χ1) is 9.15. The van der Waals surface area contributed by atoms with Crippen LogP contribution in [0, 0.1) is 0 Å². The summed E-state index contributed by atoms with van der Waals surface area (Å²) < 4.78 is 5.51. The lowest BCUT2D eigenvalue weighted by Crippen LogP contribution is -2.41. The van der Waals surface area contributed by atoms with Gasteiger partial charge in [0, 0.05) is 12.7 Å². The normalized spacial score (nSPS) is 18.4. The van der Waals surface area contributed by atoms with Gasteiger partial charge in [-0.3, -0.25) is 4.79 Å². The zero-order valence-corrected chi connectivity index (χ0v) is 12.2. The Morgan fingerprint density at radius 1 is 1.58 bits per heavy atom.